The molecule has 0 aromatic carbocycles. The normalized spacial score (nSPS) is 32.1. The molecule has 1 saturated carbocycles. The van der Waals surface area contributed by atoms with E-state index in [4.69, 9.17) is 38.9 Å². The van der Waals surface area contributed by atoms with Crippen LogP contribution < -0.4 is 21.7 Å². The number of amides is 4. The monoisotopic (exact) mass is 847 g/mol. The fourth-order valence-electron chi connectivity index (χ4n) is 6.94. The van der Waals surface area contributed by atoms with Gasteiger partial charge in [-0.2, -0.15) is 0 Å². The van der Waals surface area contributed by atoms with Crippen molar-refractivity contribution in [3.63, 3.8) is 0 Å². The minimum Gasteiger partial charge on any atom is -0.466 e. The summed E-state index contributed by atoms with van der Waals surface area (Å²) in [6, 6.07) is -4.62. The van der Waals surface area contributed by atoms with Gasteiger partial charge < -0.3 is 80.2 Å². The Balaban J connectivity index is 2.08. The molecule has 9 N–H and O–H groups in total. The molecule has 3 rings (SSSR count). The van der Waals surface area contributed by atoms with Gasteiger partial charge in [0.15, 0.2) is 6.29 Å². The van der Waals surface area contributed by atoms with E-state index < -0.39 is 120 Å². The molecule has 0 spiro atoms. The molecule has 0 bridgehead atoms. The summed E-state index contributed by atoms with van der Waals surface area (Å²) in [6.07, 6.45) is -11.3. The van der Waals surface area contributed by atoms with E-state index in [0.29, 0.717) is 12.2 Å². The molecule has 12 atom stereocenters. The molecule has 0 aromatic heterocycles. The minimum absolute atomic E-state index is 0.0364. The zero-order valence-corrected chi connectivity index (χ0v) is 36.5. The third-order valence-electron chi connectivity index (χ3n) is 9.43. The smallest absolute Gasteiger partial charge is 0.410 e. The second-order valence-corrected chi connectivity index (χ2v) is 18.5. The van der Waals surface area contributed by atoms with E-state index in [1.165, 1.54) is 14.0 Å². The number of ether oxygens (including phenoxy) is 7. The van der Waals surface area contributed by atoms with E-state index in [-0.39, 0.29) is 25.8 Å². The van der Waals surface area contributed by atoms with Crippen LogP contribution in [0.3, 0.4) is 0 Å². The number of carbonyl (C=O) groups is 4. The fraction of sp³-hybridized carbons (Fsp3) is 0.846. The lowest BCUT2D eigenvalue weighted by Crippen LogP contribution is -2.70. The summed E-state index contributed by atoms with van der Waals surface area (Å²) >= 11 is 0. The van der Waals surface area contributed by atoms with Gasteiger partial charge in [0.05, 0.1) is 37.3 Å². The number of aliphatic hydroxyl groups is 4. The molecule has 3 aliphatic rings. The van der Waals surface area contributed by atoms with Crippen LogP contribution in [0, 0.1) is 0 Å². The van der Waals surface area contributed by atoms with Crippen molar-refractivity contribution < 1.29 is 72.8 Å². The number of nitrogens with zero attached hydrogens (tertiary/aromatic N) is 1. The van der Waals surface area contributed by atoms with E-state index in [1.54, 1.807) is 75.3 Å². The topological polar surface area (TPSA) is 279 Å². The number of alkyl carbamates (subject to hydrolysis) is 2. The van der Waals surface area contributed by atoms with Gasteiger partial charge in [-0.3, -0.25) is 4.79 Å². The first-order valence-electron chi connectivity index (χ1n) is 20.1. The summed E-state index contributed by atoms with van der Waals surface area (Å²) in [7, 11) is 1.33. The third kappa shape index (κ3) is 14.6. The average molecular weight is 848 g/mol. The summed E-state index contributed by atoms with van der Waals surface area (Å²) in [5.74, 6) is -0.494. The van der Waals surface area contributed by atoms with Crippen molar-refractivity contribution in [2.45, 2.75) is 192 Å². The van der Waals surface area contributed by atoms with Gasteiger partial charge in [0.25, 0.3) is 0 Å². The number of hydrogen-bond donors (Lipinski definition) is 8. The number of likely N-dealkylation sites (N-methyl/N-ethyl adjacent to an activating group) is 1. The molecule has 59 heavy (non-hydrogen) atoms. The standard InChI is InChI=1S/C39H69N5O15/c1-13-14-24(45)30(48)41-22-17-23(43-34(50)58-37(5,6)7)28(55-31-21(16-15-20(18-40)54-31)42-33(49)57-36(2,3)4)25(46)27(22)56-32-26(47)29(39(11,52)19-53-32)44(12)35(51)59-38(8,9)10/h15,21-29,31-32,45-47,52H,13-14,16-19,40H2,1-12H3,(H,41,48)(H,42,49)(H,43,50). The molecular weight excluding hydrogens is 778 g/mol. The lowest BCUT2D eigenvalue weighted by Gasteiger charge is -2.50. The minimum atomic E-state index is -1.81. The highest BCUT2D eigenvalue weighted by Crippen LogP contribution is 2.35. The first-order valence-corrected chi connectivity index (χ1v) is 20.1. The molecule has 4 amide bonds. The molecule has 1 aliphatic carbocycles. The summed E-state index contributed by atoms with van der Waals surface area (Å²) < 4.78 is 41.1. The maximum Gasteiger partial charge on any atom is 0.410 e. The molecule has 340 valence electrons. The number of hydrogen-bond acceptors (Lipinski definition) is 16. The van der Waals surface area contributed by atoms with Gasteiger partial charge in [0.2, 0.25) is 12.2 Å². The van der Waals surface area contributed by atoms with Crippen LogP contribution in [0.2, 0.25) is 0 Å². The second kappa shape index (κ2) is 19.9. The van der Waals surface area contributed by atoms with Crippen molar-refractivity contribution in [2.75, 3.05) is 20.2 Å². The summed E-state index contributed by atoms with van der Waals surface area (Å²) in [5.41, 5.74) is 1.40. The van der Waals surface area contributed by atoms with Crippen molar-refractivity contribution in [1.29, 1.82) is 0 Å². The highest BCUT2D eigenvalue weighted by Gasteiger charge is 2.55. The molecular formula is C39H69N5O15. The highest BCUT2D eigenvalue weighted by molar-refractivity contribution is 5.80. The summed E-state index contributed by atoms with van der Waals surface area (Å²) in [6.45, 7) is 17.7. The first kappa shape index (κ1) is 49.9. The van der Waals surface area contributed by atoms with Crippen LogP contribution in [-0.4, -0.2) is 159 Å². The van der Waals surface area contributed by atoms with Gasteiger partial charge in [0.1, 0.15) is 58.7 Å². The maximum absolute atomic E-state index is 13.4. The van der Waals surface area contributed by atoms with E-state index in [1.807, 2.05) is 0 Å². The molecule has 1 saturated heterocycles. The number of nitrogens with two attached hydrogens (primary N) is 1. The first-order chi connectivity index (χ1) is 27.1. The average Bonchev–Trinajstić information content (AvgIpc) is 3.07. The van der Waals surface area contributed by atoms with E-state index in [9.17, 15) is 39.6 Å². The molecule has 2 fully saturated rings. The zero-order chi connectivity index (χ0) is 44.8. The van der Waals surface area contributed by atoms with E-state index in [2.05, 4.69) is 16.0 Å². The van der Waals surface area contributed by atoms with Crippen LogP contribution in [0.4, 0.5) is 14.4 Å². The molecule has 20 nitrogen and oxygen atoms in total. The maximum atomic E-state index is 13.4. The van der Waals surface area contributed by atoms with Crippen LogP contribution in [-0.2, 0) is 38.0 Å². The predicted molar refractivity (Wildman–Crippen MR) is 210 cm³/mol. The predicted octanol–water partition coefficient (Wildman–Crippen LogP) is 1.25. The Morgan fingerprint density at radius 1 is 0.864 bits per heavy atom. The summed E-state index contributed by atoms with van der Waals surface area (Å²) in [5, 5.41) is 54.2. The van der Waals surface area contributed by atoms with Gasteiger partial charge in [-0.1, -0.05) is 13.3 Å². The Hall–Kier alpha value is -3.50. The van der Waals surface area contributed by atoms with E-state index in [0.717, 1.165) is 4.90 Å². The van der Waals surface area contributed by atoms with Gasteiger partial charge in [0, 0.05) is 7.05 Å². The Kier molecular flexibility index (Phi) is 16.8. The number of nitrogens with one attached hydrogen (secondary N) is 3. The Bertz CT molecular complexity index is 1480. The Labute approximate surface area is 346 Å². The lowest BCUT2D eigenvalue weighted by molar-refractivity contribution is -0.311. The number of aliphatic hydroxyl groups excluding tert-OH is 3. The van der Waals surface area contributed by atoms with Crippen molar-refractivity contribution in [3.05, 3.63) is 11.8 Å². The van der Waals surface area contributed by atoms with Gasteiger partial charge in [-0.05, 0) is 94.6 Å². The molecule has 0 aromatic rings. The number of carbonyl (C=O) groups excluding carboxylic acids is 4. The highest BCUT2D eigenvalue weighted by atomic mass is 16.7. The van der Waals surface area contributed by atoms with Crippen LogP contribution in [0.15, 0.2) is 11.8 Å². The van der Waals surface area contributed by atoms with Crippen LogP contribution in [0.5, 0.6) is 0 Å². The molecule has 2 aliphatic heterocycles. The SMILES string of the molecule is CCCC(O)C(=O)NC1CC(NC(=O)OC(C)(C)C)C(OC2OC(CN)=CCC2NC(=O)OC(C)(C)C)C(O)C1OC1OCC(C)(O)C(N(C)C(=O)OC(C)(C)C)C1O. The Morgan fingerprint density at radius 2 is 1.37 bits per heavy atom. The van der Waals surface area contributed by atoms with Crippen LogP contribution in [0.1, 0.15) is 102 Å². The molecule has 20 heteroatoms. The van der Waals surface area contributed by atoms with Crippen LogP contribution in [0.25, 0.3) is 0 Å². The number of rotatable bonds is 12. The Morgan fingerprint density at radius 3 is 1.88 bits per heavy atom. The molecule has 12 unspecified atom stereocenters. The van der Waals surface area contributed by atoms with Gasteiger partial charge in [-0.15, -0.1) is 0 Å². The lowest BCUT2D eigenvalue weighted by atomic mass is 9.82. The second-order valence-electron chi connectivity index (χ2n) is 18.5. The molecule has 2 heterocycles. The largest absolute Gasteiger partial charge is 0.466 e. The van der Waals surface area contributed by atoms with Crippen molar-refractivity contribution in [1.82, 2.24) is 20.9 Å². The molecule has 0 radical (unpaired) electrons. The van der Waals surface area contributed by atoms with E-state index >= 15 is 0 Å². The van der Waals surface area contributed by atoms with Gasteiger partial charge >= 0.3 is 18.3 Å². The third-order valence-corrected chi connectivity index (χ3v) is 9.43. The van der Waals surface area contributed by atoms with Crippen molar-refractivity contribution >= 4 is 24.2 Å². The quantitative estimate of drug-likeness (QED) is 0.128. The zero-order valence-electron chi connectivity index (χ0n) is 36.5. The van der Waals surface area contributed by atoms with Crippen molar-refractivity contribution in [3.8, 4) is 0 Å². The fourth-order valence-corrected chi connectivity index (χ4v) is 6.94. The van der Waals surface area contributed by atoms with Gasteiger partial charge in [-0.25, -0.2) is 14.4 Å². The van der Waals surface area contributed by atoms with Crippen LogP contribution >= 0.6 is 0 Å². The van der Waals surface area contributed by atoms with Crippen molar-refractivity contribution in [2.24, 2.45) is 5.73 Å². The summed E-state index contributed by atoms with van der Waals surface area (Å²) in [4.78, 5) is 53.8.